The molecule has 3 nitrogen and oxygen atoms in total. The fraction of sp³-hybridized carbons (Fsp3) is 0.375. The maximum absolute atomic E-state index is 12.7. The van der Waals surface area contributed by atoms with Gasteiger partial charge >= 0.3 is 0 Å². The van der Waals surface area contributed by atoms with Gasteiger partial charge in [0.1, 0.15) is 0 Å². The highest BCUT2D eigenvalue weighted by molar-refractivity contribution is 8.00. The minimum absolute atomic E-state index is 0.134. The van der Waals surface area contributed by atoms with E-state index in [4.69, 9.17) is 4.98 Å². The third kappa shape index (κ3) is 3.04. The average Bonchev–Trinajstić information content (AvgIpc) is 2.88. The molecule has 0 unspecified atom stereocenters. The molecule has 5 heteroatoms. The van der Waals surface area contributed by atoms with Crippen LogP contribution in [0.25, 0.3) is 0 Å². The molecule has 0 saturated heterocycles. The van der Waals surface area contributed by atoms with Crippen LogP contribution in [0.1, 0.15) is 18.2 Å². The van der Waals surface area contributed by atoms with Crippen molar-refractivity contribution in [2.45, 2.75) is 41.6 Å². The van der Waals surface area contributed by atoms with Crippen LogP contribution >= 0.6 is 23.5 Å². The predicted octanol–water partition coefficient (Wildman–Crippen LogP) is 3.24. The Morgan fingerprint density at radius 3 is 2.86 bits per heavy atom. The summed E-state index contributed by atoms with van der Waals surface area (Å²) in [6, 6.07) is 10.3. The normalized spacial score (nSPS) is 17.0. The summed E-state index contributed by atoms with van der Waals surface area (Å²) in [7, 11) is 0. The molecule has 0 amide bonds. The predicted molar refractivity (Wildman–Crippen MR) is 89.4 cm³/mol. The molecule has 0 spiro atoms. The second kappa shape index (κ2) is 6.28. The Bertz CT molecular complexity index is 697. The Morgan fingerprint density at radius 1 is 1.38 bits per heavy atom. The second-order valence-corrected chi connectivity index (χ2v) is 7.42. The molecule has 1 atom stereocenters. The van der Waals surface area contributed by atoms with E-state index in [9.17, 15) is 4.79 Å². The molecular formula is C16H18N2OS2. The van der Waals surface area contributed by atoms with Crippen molar-refractivity contribution in [3.05, 3.63) is 51.9 Å². The van der Waals surface area contributed by atoms with Crippen molar-refractivity contribution in [3.8, 4) is 0 Å². The van der Waals surface area contributed by atoms with Crippen LogP contribution in [-0.2, 0) is 19.4 Å². The number of benzene rings is 1. The maximum atomic E-state index is 12.7. The topological polar surface area (TPSA) is 34.9 Å². The van der Waals surface area contributed by atoms with Gasteiger partial charge in [0.25, 0.3) is 5.56 Å². The lowest BCUT2D eigenvalue weighted by molar-refractivity contribution is 0.565. The molecule has 3 rings (SSSR count). The molecule has 2 heterocycles. The summed E-state index contributed by atoms with van der Waals surface area (Å²) >= 11 is 3.22. The molecule has 21 heavy (non-hydrogen) atoms. The number of rotatable bonds is 4. The number of aryl methyl sites for hydroxylation is 1. The van der Waals surface area contributed by atoms with E-state index in [0.29, 0.717) is 11.8 Å². The van der Waals surface area contributed by atoms with E-state index < -0.39 is 0 Å². The highest BCUT2D eigenvalue weighted by Crippen LogP contribution is 2.33. The van der Waals surface area contributed by atoms with Crippen LogP contribution in [0.2, 0.25) is 0 Å². The molecule has 0 saturated carbocycles. The van der Waals surface area contributed by atoms with E-state index in [1.807, 2.05) is 29.0 Å². The van der Waals surface area contributed by atoms with E-state index in [0.717, 1.165) is 28.6 Å². The molecule has 1 aromatic heterocycles. The molecule has 2 aromatic rings. The van der Waals surface area contributed by atoms with Crippen LogP contribution < -0.4 is 5.56 Å². The fourth-order valence-electron chi connectivity index (χ4n) is 2.57. The zero-order valence-corrected chi connectivity index (χ0v) is 13.8. The van der Waals surface area contributed by atoms with E-state index in [1.165, 1.54) is 5.56 Å². The van der Waals surface area contributed by atoms with Crippen molar-refractivity contribution in [2.24, 2.45) is 0 Å². The van der Waals surface area contributed by atoms with Crippen molar-refractivity contribution >= 4 is 23.5 Å². The lowest BCUT2D eigenvalue weighted by atomic mass is 10.1. The third-order valence-electron chi connectivity index (χ3n) is 3.61. The first-order chi connectivity index (χ1) is 10.2. The molecule has 0 radical (unpaired) electrons. The summed E-state index contributed by atoms with van der Waals surface area (Å²) in [5, 5.41) is 1.30. The van der Waals surface area contributed by atoms with Crippen molar-refractivity contribution in [1.29, 1.82) is 0 Å². The van der Waals surface area contributed by atoms with Crippen molar-refractivity contribution in [3.63, 3.8) is 0 Å². The van der Waals surface area contributed by atoms with Gasteiger partial charge in [-0.1, -0.05) is 49.0 Å². The Hall–Kier alpha value is -1.20. The number of nitrogens with zero attached hydrogens (tertiary/aromatic N) is 2. The van der Waals surface area contributed by atoms with Gasteiger partial charge in [-0.25, -0.2) is 4.98 Å². The molecule has 0 aliphatic carbocycles. The average molecular weight is 318 g/mol. The van der Waals surface area contributed by atoms with Crippen LogP contribution in [0.5, 0.6) is 0 Å². The molecule has 0 fully saturated rings. The number of thioether (sulfide) groups is 2. The lowest BCUT2D eigenvalue weighted by Gasteiger charge is -2.12. The zero-order chi connectivity index (χ0) is 14.8. The molecule has 1 aromatic carbocycles. The smallest absolute Gasteiger partial charge is 0.268 e. The quantitative estimate of drug-likeness (QED) is 0.640. The van der Waals surface area contributed by atoms with Gasteiger partial charge in [-0.3, -0.25) is 9.36 Å². The Kier molecular flexibility index (Phi) is 4.40. The number of aromatic nitrogens is 2. The monoisotopic (exact) mass is 318 g/mol. The largest absolute Gasteiger partial charge is 0.286 e. The van der Waals surface area contributed by atoms with Crippen LogP contribution in [0.4, 0.5) is 0 Å². The summed E-state index contributed by atoms with van der Waals surface area (Å²) in [6.07, 6.45) is 3.75. The first-order valence-electron chi connectivity index (χ1n) is 7.07. The van der Waals surface area contributed by atoms with Gasteiger partial charge in [-0.05, 0) is 18.2 Å². The standard InChI is InChI=1S/C16H18N2OS2/c1-11-10-13-14(21-11)15(19)18(16(17-13)20-2)9-8-12-6-4-3-5-7-12/h3-7,11H,8-10H2,1-2H3/t11-/m0/s1. The number of hydrogen-bond donors (Lipinski definition) is 0. The Balaban J connectivity index is 1.91. The van der Waals surface area contributed by atoms with E-state index in [1.54, 1.807) is 23.5 Å². The van der Waals surface area contributed by atoms with E-state index >= 15 is 0 Å². The SMILES string of the molecule is CSc1nc2c(c(=O)n1CCc1ccccc1)S[C@@H](C)C2. The minimum atomic E-state index is 0.134. The van der Waals surface area contributed by atoms with Crippen LogP contribution in [0.15, 0.2) is 45.2 Å². The van der Waals surface area contributed by atoms with Crippen molar-refractivity contribution in [2.75, 3.05) is 6.26 Å². The maximum Gasteiger partial charge on any atom is 0.268 e. The third-order valence-corrected chi connectivity index (χ3v) is 5.50. The van der Waals surface area contributed by atoms with Crippen LogP contribution in [0.3, 0.4) is 0 Å². The molecular weight excluding hydrogens is 300 g/mol. The minimum Gasteiger partial charge on any atom is -0.286 e. The highest BCUT2D eigenvalue weighted by atomic mass is 32.2. The van der Waals surface area contributed by atoms with Crippen molar-refractivity contribution < 1.29 is 0 Å². The summed E-state index contributed by atoms with van der Waals surface area (Å²) in [4.78, 5) is 18.3. The van der Waals surface area contributed by atoms with Crippen molar-refractivity contribution in [1.82, 2.24) is 9.55 Å². The fourth-order valence-corrected chi connectivity index (χ4v) is 4.29. The zero-order valence-electron chi connectivity index (χ0n) is 12.2. The van der Waals surface area contributed by atoms with Gasteiger partial charge < -0.3 is 0 Å². The molecule has 0 N–H and O–H groups in total. The Morgan fingerprint density at radius 2 is 2.14 bits per heavy atom. The van der Waals surface area contributed by atoms with Gasteiger partial charge in [0.15, 0.2) is 5.16 Å². The van der Waals surface area contributed by atoms with Gasteiger partial charge in [0, 0.05) is 18.2 Å². The van der Waals surface area contributed by atoms with Gasteiger partial charge in [0.2, 0.25) is 0 Å². The first kappa shape index (κ1) is 14.7. The first-order valence-corrected chi connectivity index (χ1v) is 9.17. The molecule has 1 aliphatic rings. The summed E-state index contributed by atoms with van der Waals surface area (Å²) in [6.45, 7) is 2.84. The van der Waals surface area contributed by atoms with Crippen LogP contribution in [0, 0.1) is 0 Å². The van der Waals surface area contributed by atoms with Gasteiger partial charge in [0.05, 0.1) is 10.6 Å². The summed E-state index contributed by atoms with van der Waals surface area (Å²) in [5.74, 6) is 0. The second-order valence-electron chi connectivity index (χ2n) is 5.20. The van der Waals surface area contributed by atoms with Gasteiger partial charge in [-0.2, -0.15) is 0 Å². The summed E-state index contributed by atoms with van der Waals surface area (Å²) in [5.41, 5.74) is 2.37. The molecule has 0 bridgehead atoms. The van der Waals surface area contributed by atoms with E-state index in [-0.39, 0.29) is 5.56 Å². The number of hydrogen-bond acceptors (Lipinski definition) is 4. The summed E-state index contributed by atoms with van der Waals surface area (Å²) < 4.78 is 1.83. The molecule has 110 valence electrons. The van der Waals surface area contributed by atoms with E-state index in [2.05, 4.69) is 19.1 Å². The van der Waals surface area contributed by atoms with Gasteiger partial charge in [-0.15, -0.1) is 11.8 Å². The Labute approximate surface area is 133 Å². The number of fused-ring (bicyclic) bond motifs is 1. The van der Waals surface area contributed by atoms with Crippen LogP contribution in [-0.4, -0.2) is 21.1 Å². The highest BCUT2D eigenvalue weighted by Gasteiger charge is 2.25. The molecule has 1 aliphatic heterocycles. The lowest BCUT2D eigenvalue weighted by Crippen LogP contribution is -2.26.